The Morgan fingerprint density at radius 1 is 1.11 bits per heavy atom. The van der Waals surface area contributed by atoms with E-state index < -0.39 is 0 Å². The Hall–Kier alpha value is -1.42. The first-order valence-electron chi connectivity index (χ1n) is 5.54. The van der Waals surface area contributed by atoms with Gasteiger partial charge in [-0.05, 0) is 52.7 Å². The van der Waals surface area contributed by atoms with Crippen LogP contribution in [0.1, 0.15) is 18.5 Å². The van der Waals surface area contributed by atoms with E-state index in [0.29, 0.717) is 10.2 Å². The highest BCUT2D eigenvalue weighted by atomic mass is 79.9. The monoisotopic (exact) mass is 311 g/mol. The van der Waals surface area contributed by atoms with E-state index in [-0.39, 0.29) is 17.7 Å². The molecule has 1 unspecified atom stereocenters. The quantitative estimate of drug-likeness (QED) is 0.850. The van der Waals surface area contributed by atoms with Gasteiger partial charge in [0, 0.05) is 10.5 Å². The summed E-state index contributed by atoms with van der Waals surface area (Å²) in [6, 6.07) is 10.8. The maximum Gasteiger partial charge on any atom is 0.147 e. The second kappa shape index (κ2) is 5.48. The largest absolute Gasteiger partial charge is 0.375 e. The van der Waals surface area contributed by atoms with Gasteiger partial charge in [0.25, 0.3) is 0 Å². The summed E-state index contributed by atoms with van der Waals surface area (Å²) in [4.78, 5) is 0. The molecule has 0 saturated carbocycles. The molecule has 0 spiro atoms. The van der Waals surface area contributed by atoms with E-state index in [9.17, 15) is 8.78 Å². The number of benzene rings is 2. The zero-order chi connectivity index (χ0) is 13.1. The highest BCUT2D eigenvalue weighted by Gasteiger charge is 2.11. The van der Waals surface area contributed by atoms with Gasteiger partial charge in [-0.1, -0.05) is 18.2 Å². The predicted octanol–water partition coefficient (Wildman–Crippen LogP) is 4.90. The van der Waals surface area contributed by atoms with Crippen molar-refractivity contribution in [2.75, 3.05) is 5.32 Å². The first-order valence-corrected chi connectivity index (χ1v) is 6.33. The van der Waals surface area contributed by atoms with Gasteiger partial charge in [-0.2, -0.15) is 0 Å². The number of rotatable bonds is 3. The summed E-state index contributed by atoms with van der Waals surface area (Å²) in [5.74, 6) is -0.638. The molecular formula is C14H12BrF2N. The fourth-order valence-electron chi connectivity index (χ4n) is 1.71. The Labute approximate surface area is 113 Å². The lowest BCUT2D eigenvalue weighted by Crippen LogP contribution is -2.08. The van der Waals surface area contributed by atoms with Crippen LogP contribution in [0, 0.1) is 11.6 Å². The second-order valence-electron chi connectivity index (χ2n) is 4.02. The molecule has 1 N–H and O–H groups in total. The molecule has 0 fully saturated rings. The van der Waals surface area contributed by atoms with Crippen LogP contribution in [0.2, 0.25) is 0 Å². The van der Waals surface area contributed by atoms with Crippen LogP contribution in [0.4, 0.5) is 14.5 Å². The normalized spacial score (nSPS) is 12.2. The second-order valence-corrected chi connectivity index (χ2v) is 4.87. The molecular weight excluding hydrogens is 300 g/mol. The van der Waals surface area contributed by atoms with E-state index in [0.717, 1.165) is 5.56 Å². The van der Waals surface area contributed by atoms with Crippen molar-refractivity contribution in [3.63, 3.8) is 0 Å². The molecule has 1 atom stereocenters. The van der Waals surface area contributed by atoms with Gasteiger partial charge in [-0.3, -0.25) is 0 Å². The van der Waals surface area contributed by atoms with Gasteiger partial charge < -0.3 is 5.32 Å². The topological polar surface area (TPSA) is 12.0 Å². The molecule has 1 nitrogen and oxygen atoms in total. The highest BCUT2D eigenvalue weighted by molar-refractivity contribution is 9.10. The Balaban J connectivity index is 2.24. The summed E-state index contributed by atoms with van der Waals surface area (Å²) < 4.78 is 27.4. The van der Waals surface area contributed by atoms with Crippen molar-refractivity contribution in [1.82, 2.24) is 0 Å². The van der Waals surface area contributed by atoms with Crippen molar-refractivity contribution in [3.05, 3.63) is 64.1 Å². The van der Waals surface area contributed by atoms with Crippen molar-refractivity contribution in [1.29, 1.82) is 0 Å². The van der Waals surface area contributed by atoms with Crippen molar-refractivity contribution in [2.45, 2.75) is 13.0 Å². The average Bonchev–Trinajstić information content (AvgIpc) is 2.34. The lowest BCUT2D eigenvalue weighted by atomic mass is 10.1. The van der Waals surface area contributed by atoms with Crippen LogP contribution in [-0.2, 0) is 0 Å². The molecule has 18 heavy (non-hydrogen) atoms. The van der Waals surface area contributed by atoms with E-state index >= 15 is 0 Å². The Kier molecular flexibility index (Phi) is 3.97. The molecule has 4 heteroatoms. The van der Waals surface area contributed by atoms with Crippen LogP contribution < -0.4 is 5.32 Å². The summed E-state index contributed by atoms with van der Waals surface area (Å²) in [5, 5.41) is 3.03. The molecule has 0 aliphatic rings. The summed E-state index contributed by atoms with van der Waals surface area (Å²) in [5.41, 5.74) is 1.15. The van der Waals surface area contributed by atoms with E-state index in [1.165, 1.54) is 18.2 Å². The third kappa shape index (κ3) is 2.88. The van der Waals surface area contributed by atoms with Crippen molar-refractivity contribution < 1.29 is 8.78 Å². The number of hydrogen-bond acceptors (Lipinski definition) is 1. The summed E-state index contributed by atoms with van der Waals surface area (Å²) in [6.07, 6.45) is 0. The smallest absolute Gasteiger partial charge is 0.147 e. The van der Waals surface area contributed by atoms with Crippen molar-refractivity contribution in [2.24, 2.45) is 0 Å². The standard InChI is InChI=1S/C14H12BrF2N/c1-9(10-4-2-5-11(16)8-10)18-14-12(15)6-3-7-13(14)17/h2-9,18H,1H3. The molecule has 2 aromatic rings. The summed E-state index contributed by atoms with van der Waals surface area (Å²) >= 11 is 3.29. The number of nitrogens with one attached hydrogen (secondary N) is 1. The molecule has 0 amide bonds. The SMILES string of the molecule is CC(Nc1c(F)cccc1Br)c1cccc(F)c1. The maximum atomic E-state index is 13.6. The number of hydrogen-bond donors (Lipinski definition) is 1. The predicted molar refractivity (Wildman–Crippen MR) is 72.5 cm³/mol. The van der Waals surface area contributed by atoms with Gasteiger partial charge in [-0.25, -0.2) is 8.78 Å². The first kappa shape index (κ1) is 13.0. The molecule has 0 aliphatic heterocycles. The molecule has 0 aromatic heterocycles. The molecule has 94 valence electrons. The number of halogens is 3. The number of anilines is 1. The first-order chi connectivity index (χ1) is 8.58. The Morgan fingerprint density at radius 2 is 1.83 bits per heavy atom. The van der Waals surface area contributed by atoms with E-state index in [1.54, 1.807) is 24.3 Å². The Bertz CT molecular complexity index is 537. The minimum absolute atomic E-state index is 0.186. The fourth-order valence-corrected chi connectivity index (χ4v) is 2.17. The van der Waals surface area contributed by atoms with Crippen molar-refractivity contribution >= 4 is 21.6 Å². The van der Waals surface area contributed by atoms with Crippen LogP contribution in [0.25, 0.3) is 0 Å². The van der Waals surface area contributed by atoms with Crippen LogP contribution in [0.5, 0.6) is 0 Å². The van der Waals surface area contributed by atoms with Gasteiger partial charge in [0.1, 0.15) is 11.6 Å². The average molecular weight is 312 g/mol. The maximum absolute atomic E-state index is 13.6. The summed E-state index contributed by atoms with van der Waals surface area (Å²) in [6.45, 7) is 1.85. The minimum Gasteiger partial charge on any atom is -0.375 e. The fraction of sp³-hybridized carbons (Fsp3) is 0.143. The van der Waals surface area contributed by atoms with Gasteiger partial charge >= 0.3 is 0 Å². The van der Waals surface area contributed by atoms with E-state index in [2.05, 4.69) is 21.2 Å². The molecule has 2 rings (SSSR count). The van der Waals surface area contributed by atoms with Crippen molar-refractivity contribution in [3.8, 4) is 0 Å². The van der Waals surface area contributed by atoms with Gasteiger partial charge in [0.05, 0.1) is 5.69 Å². The summed E-state index contributed by atoms with van der Waals surface area (Å²) in [7, 11) is 0. The molecule has 0 bridgehead atoms. The van der Waals surface area contributed by atoms with Crippen LogP contribution in [-0.4, -0.2) is 0 Å². The van der Waals surface area contributed by atoms with E-state index in [4.69, 9.17) is 0 Å². The van der Waals surface area contributed by atoms with E-state index in [1.807, 2.05) is 6.92 Å². The van der Waals surface area contributed by atoms with Gasteiger partial charge in [-0.15, -0.1) is 0 Å². The van der Waals surface area contributed by atoms with Gasteiger partial charge in [0.15, 0.2) is 0 Å². The minimum atomic E-state index is -0.340. The highest BCUT2D eigenvalue weighted by Crippen LogP contribution is 2.29. The zero-order valence-electron chi connectivity index (χ0n) is 9.75. The third-order valence-corrected chi connectivity index (χ3v) is 3.33. The van der Waals surface area contributed by atoms with Crippen LogP contribution in [0.3, 0.4) is 0 Å². The number of para-hydroxylation sites is 1. The van der Waals surface area contributed by atoms with Crippen LogP contribution >= 0.6 is 15.9 Å². The van der Waals surface area contributed by atoms with Gasteiger partial charge in [0.2, 0.25) is 0 Å². The Morgan fingerprint density at radius 3 is 2.50 bits per heavy atom. The zero-order valence-corrected chi connectivity index (χ0v) is 11.3. The molecule has 2 aromatic carbocycles. The molecule has 0 saturated heterocycles. The molecule has 0 aliphatic carbocycles. The van der Waals surface area contributed by atoms with Crippen LogP contribution in [0.15, 0.2) is 46.9 Å². The lowest BCUT2D eigenvalue weighted by molar-refractivity contribution is 0.620. The molecule has 0 radical (unpaired) electrons. The molecule has 0 heterocycles. The lowest BCUT2D eigenvalue weighted by Gasteiger charge is -2.17. The third-order valence-electron chi connectivity index (χ3n) is 2.67.